The molecule has 0 aliphatic rings. The van der Waals surface area contributed by atoms with Crippen molar-refractivity contribution in [1.82, 2.24) is 0 Å². The molecular formula is C10H9BrFNO3. The second-order valence-corrected chi connectivity index (χ2v) is 3.66. The summed E-state index contributed by atoms with van der Waals surface area (Å²) >= 11 is 2.96. The standard InChI is InChI=1S/C10H9BrFNO3/c1-2-16-10(15)9(14)13-6-3-4-8(12)7(11)5-6/h3-5H,2H2,1H3,(H,13,14). The van der Waals surface area contributed by atoms with E-state index in [1.165, 1.54) is 18.2 Å². The van der Waals surface area contributed by atoms with Gasteiger partial charge in [0.05, 0.1) is 11.1 Å². The highest BCUT2D eigenvalue weighted by Crippen LogP contribution is 2.19. The minimum absolute atomic E-state index is 0.124. The van der Waals surface area contributed by atoms with E-state index < -0.39 is 17.7 Å². The van der Waals surface area contributed by atoms with Gasteiger partial charge in [-0.25, -0.2) is 9.18 Å². The summed E-state index contributed by atoms with van der Waals surface area (Å²) in [6.07, 6.45) is 0. The Hall–Kier alpha value is -1.43. The summed E-state index contributed by atoms with van der Waals surface area (Å²) < 4.78 is 17.6. The van der Waals surface area contributed by atoms with Crippen LogP contribution in [-0.2, 0) is 14.3 Å². The van der Waals surface area contributed by atoms with E-state index in [1.807, 2.05) is 0 Å². The second-order valence-electron chi connectivity index (χ2n) is 2.80. The molecule has 0 aliphatic carbocycles. The monoisotopic (exact) mass is 289 g/mol. The van der Waals surface area contributed by atoms with Gasteiger partial charge in [-0.15, -0.1) is 0 Å². The number of halogens is 2. The van der Waals surface area contributed by atoms with Crippen LogP contribution < -0.4 is 5.32 Å². The average Bonchev–Trinajstić information content (AvgIpc) is 2.24. The van der Waals surface area contributed by atoms with Gasteiger partial charge in [-0.3, -0.25) is 4.79 Å². The van der Waals surface area contributed by atoms with Crippen LogP contribution in [0.25, 0.3) is 0 Å². The quantitative estimate of drug-likeness (QED) is 0.670. The molecule has 0 aromatic heterocycles. The molecule has 0 fully saturated rings. The zero-order chi connectivity index (χ0) is 12.1. The van der Waals surface area contributed by atoms with E-state index in [2.05, 4.69) is 26.0 Å². The van der Waals surface area contributed by atoms with Crippen molar-refractivity contribution < 1.29 is 18.7 Å². The molecule has 0 heterocycles. The van der Waals surface area contributed by atoms with E-state index in [0.717, 1.165) is 0 Å². The van der Waals surface area contributed by atoms with Crippen molar-refractivity contribution in [2.24, 2.45) is 0 Å². The number of carbonyl (C=O) groups is 2. The van der Waals surface area contributed by atoms with Gasteiger partial charge >= 0.3 is 11.9 Å². The van der Waals surface area contributed by atoms with Crippen LogP contribution in [0, 0.1) is 5.82 Å². The molecule has 1 amide bonds. The van der Waals surface area contributed by atoms with Crippen molar-refractivity contribution in [3.05, 3.63) is 28.5 Å². The Bertz CT molecular complexity index is 423. The van der Waals surface area contributed by atoms with Gasteiger partial charge < -0.3 is 10.1 Å². The van der Waals surface area contributed by atoms with Gasteiger partial charge in [0.15, 0.2) is 0 Å². The molecule has 16 heavy (non-hydrogen) atoms. The molecule has 0 aliphatic heterocycles. The molecule has 6 heteroatoms. The van der Waals surface area contributed by atoms with Crippen molar-refractivity contribution >= 4 is 33.5 Å². The van der Waals surface area contributed by atoms with E-state index in [9.17, 15) is 14.0 Å². The maximum absolute atomic E-state index is 12.9. The van der Waals surface area contributed by atoms with Crippen LogP contribution in [0.3, 0.4) is 0 Å². The summed E-state index contributed by atoms with van der Waals surface area (Å²) in [5.41, 5.74) is 0.311. The number of benzene rings is 1. The first-order valence-corrected chi connectivity index (χ1v) is 5.27. The molecular weight excluding hydrogens is 281 g/mol. The SMILES string of the molecule is CCOC(=O)C(=O)Nc1ccc(F)c(Br)c1. The number of amides is 1. The molecule has 1 rings (SSSR count). The summed E-state index contributed by atoms with van der Waals surface area (Å²) in [5, 5.41) is 2.28. The Labute approximate surface area is 99.9 Å². The lowest BCUT2D eigenvalue weighted by Gasteiger charge is -2.05. The van der Waals surface area contributed by atoms with E-state index in [-0.39, 0.29) is 11.1 Å². The highest BCUT2D eigenvalue weighted by molar-refractivity contribution is 9.10. The number of ether oxygens (including phenoxy) is 1. The number of nitrogens with one attached hydrogen (secondary N) is 1. The van der Waals surface area contributed by atoms with Crippen LogP contribution in [0.5, 0.6) is 0 Å². The number of esters is 1. The molecule has 1 N–H and O–H groups in total. The lowest BCUT2D eigenvalue weighted by Crippen LogP contribution is -2.24. The molecule has 1 aromatic carbocycles. The van der Waals surface area contributed by atoms with Crippen LogP contribution in [0.1, 0.15) is 6.92 Å². The molecule has 0 unspecified atom stereocenters. The van der Waals surface area contributed by atoms with Gasteiger partial charge in [0.25, 0.3) is 0 Å². The minimum Gasteiger partial charge on any atom is -0.459 e. The van der Waals surface area contributed by atoms with Crippen LogP contribution in [0.15, 0.2) is 22.7 Å². The van der Waals surface area contributed by atoms with Crippen LogP contribution in [0.4, 0.5) is 10.1 Å². The van der Waals surface area contributed by atoms with Crippen molar-refractivity contribution in [1.29, 1.82) is 0 Å². The zero-order valence-corrected chi connectivity index (χ0v) is 10.0. The zero-order valence-electron chi connectivity index (χ0n) is 8.42. The summed E-state index contributed by atoms with van der Waals surface area (Å²) in [6, 6.07) is 3.87. The Balaban J connectivity index is 2.70. The Morgan fingerprint density at radius 1 is 1.50 bits per heavy atom. The first-order chi connectivity index (χ1) is 7.54. The molecule has 1 aromatic rings. The fourth-order valence-corrected chi connectivity index (χ4v) is 1.33. The Kier molecular flexibility index (Phi) is 4.42. The maximum Gasteiger partial charge on any atom is 0.397 e. The molecule has 0 spiro atoms. The molecule has 0 atom stereocenters. The third-order valence-electron chi connectivity index (χ3n) is 1.64. The van der Waals surface area contributed by atoms with Crippen molar-refractivity contribution in [3.8, 4) is 0 Å². The van der Waals surface area contributed by atoms with Gasteiger partial charge in [0.1, 0.15) is 5.82 Å². The van der Waals surface area contributed by atoms with E-state index in [1.54, 1.807) is 6.92 Å². The molecule has 0 radical (unpaired) electrons. The molecule has 86 valence electrons. The molecule has 0 saturated heterocycles. The van der Waals surface area contributed by atoms with Crippen molar-refractivity contribution in [2.75, 3.05) is 11.9 Å². The first-order valence-electron chi connectivity index (χ1n) is 4.47. The third kappa shape index (κ3) is 3.30. The van der Waals surface area contributed by atoms with Gasteiger partial charge in [-0.2, -0.15) is 0 Å². The van der Waals surface area contributed by atoms with Gasteiger partial charge in [-0.1, -0.05) is 0 Å². The fourth-order valence-electron chi connectivity index (χ4n) is 0.953. The number of anilines is 1. The number of hydrogen-bond donors (Lipinski definition) is 1. The summed E-state index contributed by atoms with van der Waals surface area (Å²) in [7, 11) is 0. The number of hydrogen-bond acceptors (Lipinski definition) is 3. The fraction of sp³-hybridized carbons (Fsp3) is 0.200. The Morgan fingerprint density at radius 3 is 2.75 bits per heavy atom. The van der Waals surface area contributed by atoms with Gasteiger partial charge in [-0.05, 0) is 41.1 Å². The van der Waals surface area contributed by atoms with Crippen molar-refractivity contribution in [3.63, 3.8) is 0 Å². The van der Waals surface area contributed by atoms with Crippen LogP contribution >= 0.6 is 15.9 Å². The van der Waals surface area contributed by atoms with Crippen LogP contribution in [-0.4, -0.2) is 18.5 Å². The summed E-state index contributed by atoms with van der Waals surface area (Å²) in [6.45, 7) is 1.72. The summed E-state index contributed by atoms with van der Waals surface area (Å²) in [4.78, 5) is 22.2. The largest absolute Gasteiger partial charge is 0.459 e. The molecule has 4 nitrogen and oxygen atoms in total. The molecule has 0 saturated carbocycles. The van der Waals surface area contributed by atoms with E-state index >= 15 is 0 Å². The summed E-state index contributed by atoms with van der Waals surface area (Å²) in [5.74, 6) is -2.31. The third-order valence-corrected chi connectivity index (χ3v) is 2.25. The highest BCUT2D eigenvalue weighted by Gasteiger charge is 2.14. The topological polar surface area (TPSA) is 55.4 Å². The first kappa shape index (κ1) is 12.6. The van der Waals surface area contributed by atoms with Gasteiger partial charge in [0.2, 0.25) is 0 Å². The van der Waals surface area contributed by atoms with Gasteiger partial charge in [0, 0.05) is 5.69 Å². The predicted molar refractivity (Wildman–Crippen MR) is 59.4 cm³/mol. The smallest absolute Gasteiger partial charge is 0.397 e. The van der Waals surface area contributed by atoms with E-state index in [4.69, 9.17) is 0 Å². The number of carbonyl (C=O) groups excluding carboxylic acids is 2. The minimum atomic E-state index is -0.969. The lowest BCUT2D eigenvalue weighted by atomic mass is 10.3. The predicted octanol–water partition coefficient (Wildman–Crippen LogP) is 2.09. The number of rotatable bonds is 2. The highest BCUT2D eigenvalue weighted by atomic mass is 79.9. The molecule has 0 bridgehead atoms. The maximum atomic E-state index is 12.9. The average molecular weight is 290 g/mol. The Morgan fingerprint density at radius 2 is 2.19 bits per heavy atom. The lowest BCUT2D eigenvalue weighted by molar-refractivity contribution is -0.152. The van der Waals surface area contributed by atoms with Crippen LogP contribution in [0.2, 0.25) is 0 Å². The van der Waals surface area contributed by atoms with E-state index in [0.29, 0.717) is 5.69 Å². The van der Waals surface area contributed by atoms with Crippen molar-refractivity contribution in [2.45, 2.75) is 6.92 Å². The normalized spacial score (nSPS) is 9.69. The second kappa shape index (κ2) is 5.60.